The predicted octanol–water partition coefficient (Wildman–Crippen LogP) is 2.10. The van der Waals surface area contributed by atoms with Crippen LogP contribution < -0.4 is 10.2 Å². The molecule has 3 aliphatic rings. The van der Waals surface area contributed by atoms with Gasteiger partial charge in [0.2, 0.25) is 0 Å². The first-order valence-electron chi connectivity index (χ1n) is 12.5. The first kappa shape index (κ1) is 23.0. The van der Waals surface area contributed by atoms with Gasteiger partial charge in [-0.05, 0) is 50.6 Å². The molecule has 0 radical (unpaired) electrons. The summed E-state index contributed by atoms with van der Waals surface area (Å²) in [5.74, 6) is 0. The van der Waals surface area contributed by atoms with Gasteiger partial charge in [0.15, 0.2) is 0 Å². The standard InChI is InChI=1S/C25H43N5O/c1-3-8-28-11-13-29(14-12-28)17-18-31-25-19-23(20-25)26-21-22-4-6-24(7-5-22)30-15-9-27(2)10-16-30/h4-7,23,25-26H,3,8-21H2,1-2H3/t23-,25-. The Kier molecular flexibility index (Phi) is 8.62. The molecule has 1 N–H and O–H groups in total. The highest BCUT2D eigenvalue weighted by Crippen LogP contribution is 2.24. The molecule has 2 saturated heterocycles. The van der Waals surface area contributed by atoms with Gasteiger partial charge in [-0.15, -0.1) is 0 Å². The van der Waals surface area contributed by atoms with Crippen LogP contribution in [0.5, 0.6) is 0 Å². The molecule has 0 spiro atoms. The maximum absolute atomic E-state index is 6.12. The third-order valence-electron chi connectivity index (χ3n) is 7.26. The average molecular weight is 430 g/mol. The van der Waals surface area contributed by atoms with Crippen molar-refractivity contribution in [1.82, 2.24) is 20.0 Å². The molecule has 1 aromatic carbocycles. The van der Waals surface area contributed by atoms with E-state index in [9.17, 15) is 0 Å². The molecule has 1 aromatic rings. The number of anilines is 1. The molecule has 1 saturated carbocycles. The molecule has 0 amide bonds. The van der Waals surface area contributed by atoms with Crippen molar-refractivity contribution in [2.45, 2.75) is 44.9 Å². The lowest BCUT2D eigenvalue weighted by molar-refractivity contribution is -0.0280. The van der Waals surface area contributed by atoms with E-state index in [2.05, 4.69) is 63.2 Å². The van der Waals surface area contributed by atoms with E-state index in [1.807, 2.05) is 0 Å². The van der Waals surface area contributed by atoms with E-state index in [0.717, 1.165) is 58.7 Å². The van der Waals surface area contributed by atoms with E-state index in [-0.39, 0.29) is 0 Å². The Morgan fingerprint density at radius 3 is 2.16 bits per heavy atom. The first-order valence-corrected chi connectivity index (χ1v) is 12.5. The van der Waals surface area contributed by atoms with Crippen molar-refractivity contribution in [3.63, 3.8) is 0 Å². The first-order chi connectivity index (χ1) is 15.2. The van der Waals surface area contributed by atoms with Gasteiger partial charge in [0.05, 0.1) is 12.7 Å². The fourth-order valence-electron chi connectivity index (χ4n) is 4.92. The summed E-state index contributed by atoms with van der Waals surface area (Å²) in [6, 6.07) is 9.76. The molecule has 2 heterocycles. The summed E-state index contributed by atoms with van der Waals surface area (Å²) in [5, 5.41) is 3.71. The topological polar surface area (TPSA) is 34.2 Å². The van der Waals surface area contributed by atoms with Crippen molar-refractivity contribution in [1.29, 1.82) is 0 Å². The van der Waals surface area contributed by atoms with E-state index < -0.39 is 0 Å². The Morgan fingerprint density at radius 1 is 0.871 bits per heavy atom. The van der Waals surface area contributed by atoms with E-state index in [1.54, 1.807) is 0 Å². The molecule has 0 bridgehead atoms. The Hall–Kier alpha value is -1.18. The summed E-state index contributed by atoms with van der Waals surface area (Å²) < 4.78 is 6.12. The number of rotatable bonds is 10. The van der Waals surface area contributed by atoms with Gasteiger partial charge >= 0.3 is 0 Å². The fourth-order valence-corrected chi connectivity index (χ4v) is 4.92. The van der Waals surface area contributed by atoms with Crippen molar-refractivity contribution in [2.24, 2.45) is 0 Å². The molecule has 0 aromatic heterocycles. The number of hydrogen-bond acceptors (Lipinski definition) is 6. The van der Waals surface area contributed by atoms with Gasteiger partial charge < -0.3 is 24.8 Å². The van der Waals surface area contributed by atoms with Crippen LogP contribution in [0.4, 0.5) is 5.69 Å². The number of hydrogen-bond donors (Lipinski definition) is 1. The Bertz CT molecular complexity index is 632. The Labute approximate surface area is 189 Å². The highest BCUT2D eigenvalue weighted by molar-refractivity contribution is 5.48. The van der Waals surface area contributed by atoms with E-state index in [0.29, 0.717) is 12.1 Å². The van der Waals surface area contributed by atoms with Gasteiger partial charge in [-0.3, -0.25) is 4.90 Å². The van der Waals surface area contributed by atoms with Crippen LogP contribution in [-0.2, 0) is 11.3 Å². The highest BCUT2D eigenvalue weighted by atomic mass is 16.5. The highest BCUT2D eigenvalue weighted by Gasteiger charge is 2.29. The molecule has 31 heavy (non-hydrogen) atoms. The molecule has 4 rings (SSSR count). The molecule has 0 unspecified atom stereocenters. The number of nitrogens with one attached hydrogen (secondary N) is 1. The molecular weight excluding hydrogens is 386 g/mol. The van der Waals surface area contributed by atoms with Gasteiger partial charge in [0.1, 0.15) is 0 Å². The molecular formula is C25H43N5O. The van der Waals surface area contributed by atoms with Crippen LogP contribution in [0.2, 0.25) is 0 Å². The summed E-state index contributed by atoms with van der Waals surface area (Å²) in [5.41, 5.74) is 2.74. The van der Waals surface area contributed by atoms with E-state index in [1.165, 1.54) is 50.4 Å². The third kappa shape index (κ3) is 6.90. The van der Waals surface area contributed by atoms with Gasteiger partial charge in [0.25, 0.3) is 0 Å². The predicted molar refractivity (Wildman–Crippen MR) is 129 cm³/mol. The van der Waals surface area contributed by atoms with Gasteiger partial charge in [-0.1, -0.05) is 19.1 Å². The summed E-state index contributed by atoms with van der Waals surface area (Å²) in [4.78, 5) is 10.0. The lowest BCUT2D eigenvalue weighted by Gasteiger charge is -2.37. The smallest absolute Gasteiger partial charge is 0.0605 e. The molecule has 0 atom stereocenters. The molecule has 3 fully saturated rings. The van der Waals surface area contributed by atoms with Gasteiger partial charge in [-0.25, -0.2) is 0 Å². The van der Waals surface area contributed by atoms with Gasteiger partial charge in [0, 0.05) is 77.2 Å². The zero-order chi connectivity index (χ0) is 21.5. The van der Waals surface area contributed by atoms with Crippen LogP contribution in [0.15, 0.2) is 24.3 Å². The third-order valence-corrected chi connectivity index (χ3v) is 7.26. The van der Waals surface area contributed by atoms with Crippen molar-refractivity contribution in [3.05, 3.63) is 29.8 Å². The Morgan fingerprint density at radius 2 is 1.52 bits per heavy atom. The van der Waals surface area contributed by atoms with Crippen molar-refractivity contribution < 1.29 is 4.74 Å². The monoisotopic (exact) mass is 429 g/mol. The molecule has 6 heteroatoms. The van der Waals surface area contributed by atoms with Crippen LogP contribution in [0.1, 0.15) is 31.7 Å². The van der Waals surface area contributed by atoms with Crippen LogP contribution >= 0.6 is 0 Å². The second-order valence-electron chi connectivity index (χ2n) is 9.68. The summed E-state index contributed by atoms with van der Waals surface area (Å²) in [7, 11) is 2.21. The molecule has 1 aliphatic carbocycles. The molecule has 6 nitrogen and oxygen atoms in total. The average Bonchev–Trinajstić information content (AvgIpc) is 2.77. The number of piperazine rings is 2. The minimum absolute atomic E-state index is 0.457. The van der Waals surface area contributed by atoms with E-state index in [4.69, 9.17) is 4.74 Å². The molecule has 174 valence electrons. The lowest BCUT2D eigenvalue weighted by Crippen LogP contribution is -2.48. The number of ether oxygens (including phenoxy) is 1. The maximum atomic E-state index is 6.12. The quantitative estimate of drug-likeness (QED) is 0.614. The number of likely N-dealkylation sites (N-methyl/N-ethyl adjacent to an activating group) is 1. The van der Waals surface area contributed by atoms with Crippen LogP contribution in [0.25, 0.3) is 0 Å². The fraction of sp³-hybridized carbons (Fsp3) is 0.760. The minimum Gasteiger partial charge on any atom is -0.377 e. The normalized spacial score (nSPS) is 26.2. The van der Waals surface area contributed by atoms with E-state index >= 15 is 0 Å². The maximum Gasteiger partial charge on any atom is 0.0605 e. The van der Waals surface area contributed by atoms with Crippen molar-refractivity contribution >= 4 is 5.69 Å². The van der Waals surface area contributed by atoms with Crippen LogP contribution in [-0.4, -0.2) is 106 Å². The largest absolute Gasteiger partial charge is 0.377 e. The lowest BCUT2D eigenvalue weighted by atomic mass is 9.89. The second kappa shape index (κ2) is 11.6. The van der Waals surface area contributed by atoms with Crippen LogP contribution in [0.3, 0.4) is 0 Å². The SMILES string of the molecule is CCCN1CCN(CCO[C@H]2C[C@H](NCc3ccc(N4CCN(C)CC4)cc3)C2)CC1. The van der Waals surface area contributed by atoms with Crippen molar-refractivity contribution in [3.8, 4) is 0 Å². The number of benzene rings is 1. The van der Waals surface area contributed by atoms with Crippen LogP contribution in [0, 0.1) is 0 Å². The van der Waals surface area contributed by atoms with Crippen molar-refractivity contribution in [2.75, 3.05) is 84.0 Å². The van der Waals surface area contributed by atoms with Gasteiger partial charge in [-0.2, -0.15) is 0 Å². The summed E-state index contributed by atoms with van der Waals surface area (Å²) in [6.07, 6.45) is 4.04. The summed E-state index contributed by atoms with van der Waals surface area (Å²) >= 11 is 0. The zero-order valence-electron chi connectivity index (χ0n) is 19.8. The zero-order valence-corrected chi connectivity index (χ0v) is 19.8. The number of nitrogens with zero attached hydrogens (tertiary/aromatic N) is 4. The summed E-state index contributed by atoms with van der Waals surface area (Å²) in [6.45, 7) is 15.9. The molecule has 2 aliphatic heterocycles. The second-order valence-corrected chi connectivity index (χ2v) is 9.68. The minimum atomic E-state index is 0.457. The Balaban J connectivity index is 1.05.